The highest BCUT2D eigenvalue weighted by molar-refractivity contribution is 5.43. The van der Waals surface area contributed by atoms with E-state index in [1.54, 1.807) is 0 Å². The number of nitrogens with two attached hydrogens (primary N) is 1. The summed E-state index contributed by atoms with van der Waals surface area (Å²) in [6.07, 6.45) is 6.70. The lowest BCUT2D eigenvalue weighted by Gasteiger charge is -2.28. The van der Waals surface area contributed by atoms with Crippen LogP contribution in [0.4, 0.5) is 5.69 Å². The molecule has 1 aromatic carbocycles. The Hall–Kier alpha value is -1.18. The van der Waals surface area contributed by atoms with E-state index in [2.05, 4.69) is 6.92 Å². The van der Waals surface area contributed by atoms with Crippen molar-refractivity contribution in [1.82, 2.24) is 0 Å². The zero-order chi connectivity index (χ0) is 11.4. The Morgan fingerprint density at radius 1 is 1.25 bits per heavy atom. The lowest BCUT2D eigenvalue weighted by molar-refractivity contribution is 0.130. The highest BCUT2D eigenvalue weighted by Crippen LogP contribution is 2.29. The summed E-state index contributed by atoms with van der Waals surface area (Å²) in [5, 5.41) is 0. The minimum Gasteiger partial charge on any atom is -0.490 e. The normalized spacial score (nSPS) is 25.3. The number of hydrogen-bond acceptors (Lipinski definition) is 2. The van der Waals surface area contributed by atoms with Crippen molar-refractivity contribution in [3.63, 3.8) is 0 Å². The minimum atomic E-state index is 0.393. The van der Waals surface area contributed by atoms with Crippen molar-refractivity contribution in [3.05, 3.63) is 24.3 Å². The molecule has 0 aliphatic heterocycles. The van der Waals surface area contributed by atoms with Crippen LogP contribution in [0, 0.1) is 5.92 Å². The van der Waals surface area contributed by atoms with Gasteiger partial charge in [0.05, 0.1) is 6.10 Å². The van der Waals surface area contributed by atoms with Crippen molar-refractivity contribution in [3.8, 4) is 5.75 Å². The first kappa shape index (κ1) is 11.3. The third-order valence-corrected chi connectivity index (χ3v) is 3.53. The van der Waals surface area contributed by atoms with Crippen LogP contribution in [0.3, 0.4) is 0 Å². The average molecular weight is 219 g/mol. The van der Waals surface area contributed by atoms with E-state index in [0.717, 1.165) is 17.4 Å². The molecule has 0 amide bonds. The van der Waals surface area contributed by atoms with E-state index in [-0.39, 0.29) is 0 Å². The number of anilines is 1. The van der Waals surface area contributed by atoms with Crippen molar-refractivity contribution in [2.75, 3.05) is 5.73 Å². The topological polar surface area (TPSA) is 35.2 Å². The maximum absolute atomic E-state index is 5.95. The average Bonchev–Trinajstić information content (AvgIpc) is 2.30. The molecule has 0 radical (unpaired) electrons. The van der Waals surface area contributed by atoms with Gasteiger partial charge in [0.2, 0.25) is 0 Å². The van der Waals surface area contributed by atoms with Gasteiger partial charge in [0.1, 0.15) is 5.75 Å². The molecule has 88 valence electrons. The van der Waals surface area contributed by atoms with Gasteiger partial charge in [0, 0.05) is 11.8 Å². The Bertz CT molecular complexity index is 329. The van der Waals surface area contributed by atoms with Gasteiger partial charge < -0.3 is 10.5 Å². The van der Waals surface area contributed by atoms with E-state index >= 15 is 0 Å². The summed E-state index contributed by atoms with van der Waals surface area (Å²) in [6.45, 7) is 2.28. The third-order valence-electron chi connectivity index (χ3n) is 3.53. The number of benzene rings is 1. The molecular weight excluding hydrogens is 198 g/mol. The lowest BCUT2D eigenvalue weighted by atomic mass is 9.86. The molecule has 2 heteroatoms. The van der Waals surface area contributed by atoms with Crippen LogP contribution in [0.5, 0.6) is 5.75 Å². The van der Waals surface area contributed by atoms with Crippen LogP contribution in [0.25, 0.3) is 0 Å². The molecule has 0 spiro atoms. The SMILES string of the molecule is CCC1CCC(Oc2cccc(N)c2)CC1. The van der Waals surface area contributed by atoms with Gasteiger partial charge in [-0.15, -0.1) is 0 Å². The van der Waals surface area contributed by atoms with E-state index in [4.69, 9.17) is 10.5 Å². The maximum atomic E-state index is 5.95. The first-order valence-corrected chi connectivity index (χ1v) is 6.30. The largest absolute Gasteiger partial charge is 0.490 e. The molecule has 1 saturated carbocycles. The van der Waals surface area contributed by atoms with Gasteiger partial charge in [-0.05, 0) is 43.7 Å². The molecule has 2 N–H and O–H groups in total. The first-order chi connectivity index (χ1) is 7.78. The van der Waals surface area contributed by atoms with Crippen LogP contribution in [0.15, 0.2) is 24.3 Å². The molecule has 1 aliphatic carbocycles. The fourth-order valence-corrected chi connectivity index (χ4v) is 2.44. The zero-order valence-electron chi connectivity index (χ0n) is 9.99. The van der Waals surface area contributed by atoms with Crippen LogP contribution in [-0.2, 0) is 0 Å². The Labute approximate surface area is 97.8 Å². The van der Waals surface area contributed by atoms with Crippen LogP contribution >= 0.6 is 0 Å². The first-order valence-electron chi connectivity index (χ1n) is 6.30. The number of rotatable bonds is 3. The van der Waals surface area contributed by atoms with Gasteiger partial charge in [-0.3, -0.25) is 0 Å². The molecule has 0 saturated heterocycles. The molecule has 16 heavy (non-hydrogen) atoms. The molecule has 1 aliphatic rings. The number of hydrogen-bond donors (Lipinski definition) is 1. The van der Waals surface area contributed by atoms with Gasteiger partial charge in [-0.1, -0.05) is 19.4 Å². The molecule has 1 aromatic rings. The van der Waals surface area contributed by atoms with E-state index in [9.17, 15) is 0 Å². The van der Waals surface area contributed by atoms with Crippen LogP contribution < -0.4 is 10.5 Å². The third kappa shape index (κ3) is 2.91. The maximum Gasteiger partial charge on any atom is 0.121 e. The standard InChI is InChI=1S/C14H21NO/c1-2-11-6-8-13(9-7-11)16-14-5-3-4-12(15)10-14/h3-5,10-11,13H,2,6-9,15H2,1H3. The monoisotopic (exact) mass is 219 g/mol. The predicted octanol–water partition coefficient (Wildman–Crippen LogP) is 3.62. The molecule has 0 heterocycles. The highest BCUT2D eigenvalue weighted by Gasteiger charge is 2.20. The Morgan fingerprint density at radius 2 is 2.00 bits per heavy atom. The molecule has 2 nitrogen and oxygen atoms in total. The predicted molar refractivity (Wildman–Crippen MR) is 67.5 cm³/mol. The summed E-state index contributed by atoms with van der Waals surface area (Å²) < 4.78 is 5.95. The molecule has 0 bridgehead atoms. The second-order valence-electron chi connectivity index (χ2n) is 4.74. The minimum absolute atomic E-state index is 0.393. The summed E-state index contributed by atoms with van der Waals surface area (Å²) in [6, 6.07) is 7.73. The highest BCUT2D eigenvalue weighted by atomic mass is 16.5. The fraction of sp³-hybridized carbons (Fsp3) is 0.571. The quantitative estimate of drug-likeness (QED) is 0.788. The Morgan fingerprint density at radius 3 is 2.62 bits per heavy atom. The lowest BCUT2D eigenvalue weighted by Crippen LogP contribution is -2.23. The van der Waals surface area contributed by atoms with E-state index < -0.39 is 0 Å². The van der Waals surface area contributed by atoms with Gasteiger partial charge in [0.15, 0.2) is 0 Å². The molecule has 2 rings (SSSR count). The number of ether oxygens (including phenoxy) is 1. The van der Waals surface area contributed by atoms with Gasteiger partial charge in [-0.2, -0.15) is 0 Å². The molecule has 0 aromatic heterocycles. The zero-order valence-corrected chi connectivity index (χ0v) is 9.99. The molecule has 1 fully saturated rings. The Balaban J connectivity index is 1.87. The van der Waals surface area contributed by atoms with E-state index in [0.29, 0.717) is 6.10 Å². The van der Waals surface area contributed by atoms with Crippen LogP contribution in [0.2, 0.25) is 0 Å². The Kier molecular flexibility index (Phi) is 3.70. The summed E-state index contributed by atoms with van der Waals surface area (Å²) in [4.78, 5) is 0. The van der Waals surface area contributed by atoms with Crippen molar-refractivity contribution in [2.45, 2.75) is 45.1 Å². The van der Waals surface area contributed by atoms with Crippen molar-refractivity contribution in [2.24, 2.45) is 5.92 Å². The van der Waals surface area contributed by atoms with E-state index in [1.807, 2.05) is 24.3 Å². The second-order valence-corrected chi connectivity index (χ2v) is 4.74. The van der Waals surface area contributed by atoms with Crippen LogP contribution in [-0.4, -0.2) is 6.10 Å². The van der Waals surface area contributed by atoms with Crippen molar-refractivity contribution in [1.29, 1.82) is 0 Å². The molecule has 0 atom stereocenters. The number of nitrogen functional groups attached to an aromatic ring is 1. The molecule has 0 unspecified atom stereocenters. The van der Waals surface area contributed by atoms with Gasteiger partial charge in [0.25, 0.3) is 0 Å². The van der Waals surface area contributed by atoms with Crippen molar-refractivity contribution >= 4 is 5.69 Å². The fourth-order valence-electron chi connectivity index (χ4n) is 2.44. The smallest absolute Gasteiger partial charge is 0.121 e. The summed E-state index contributed by atoms with van der Waals surface area (Å²) in [5.41, 5.74) is 6.50. The van der Waals surface area contributed by atoms with Crippen LogP contribution in [0.1, 0.15) is 39.0 Å². The second kappa shape index (κ2) is 5.24. The molecular formula is C14H21NO. The van der Waals surface area contributed by atoms with Gasteiger partial charge >= 0.3 is 0 Å². The summed E-state index contributed by atoms with van der Waals surface area (Å²) in [5.74, 6) is 1.83. The summed E-state index contributed by atoms with van der Waals surface area (Å²) >= 11 is 0. The van der Waals surface area contributed by atoms with E-state index in [1.165, 1.54) is 32.1 Å². The summed E-state index contributed by atoms with van der Waals surface area (Å²) in [7, 11) is 0. The van der Waals surface area contributed by atoms with Crippen molar-refractivity contribution < 1.29 is 4.74 Å². The van der Waals surface area contributed by atoms with Gasteiger partial charge in [-0.25, -0.2) is 0 Å².